The van der Waals surface area contributed by atoms with Gasteiger partial charge in [-0.2, -0.15) is 0 Å². The molecule has 2 rings (SSSR count). The predicted molar refractivity (Wildman–Crippen MR) is 97.4 cm³/mol. The molecular formula is C21H40O2. The normalized spacial score (nSPS) is 33.5. The summed E-state index contributed by atoms with van der Waals surface area (Å²) in [5, 5.41) is 9.55. The smallest absolute Gasteiger partial charge is 0.0983 e. The molecule has 0 aromatic rings. The van der Waals surface area contributed by atoms with E-state index in [0.29, 0.717) is 11.8 Å². The summed E-state index contributed by atoms with van der Waals surface area (Å²) in [7, 11) is 0. The molecule has 0 saturated heterocycles. The van der Waals surface area contributed by atoms with E-state index >= 15 is 0 Å². The zero-order valence-electron chi connectivity index (χ0n) is 15.6. The van der Waals surface area contributed by atoms with E-state index in [-0.39, 0.29) is 6.10 Å². The van der Waals surface area contributed by atoms with E-state index in [4.69, 9.17) is 4.89 Å². The zero-order chi connectivity index (χ0) is 16.5. The van der Waals surface area contributed by atoms with Gasteiger partial charge in [-0.25, -0.2) is 4.89 Å². The fourth-order valence-corrected chi connectivity index (χ4v) is 5.15. The lowest BCUT2D eigenvalue weighted by Crippen LogP contribution is -2.36. The fourth-order valence-electron chi connectivity index (χ4n) is 5.15. The van der Waals surface area contributed by atoms with Crippen LogP contribution >= 0.6 is 0 Å². The molecule has 0 unspecified atom stereocenters. The molecule has 0 heterocycles. The van der Waals surface area contributed by atoms with Crippen LogP contribution in [0.15, 0.2) is 0 Å². The van der Waals surface area contributed by atoms with Crippen LogP contribution in [0.2, 0.25) is 0 Å². The number of unbranched alkanes of at least 4 members (excludes halogenated alkanes) is 2. The van der Waals surface area contributed by atoms with Crippen LogP contribution in [-0.4, -0.2) is 11.4 Å². The Morgan fingerprint density at radius 1 is 0.739 bits per heavy atom. The molecule has 1 N–H and O–H groups in total. The molecule has 2 aliphatic rings. The Morgan fingerprint density at radius 2 is 1.13 bits per heavy atom. The van der Waals surface area contributed by atoms with E-state index in [1.807, 2.05) is 0 Å². The maximum Gasteiger partial charge on any atom is 0.0983 e. The van der Waals surface area contributed by atoms with Gasteiger partial charge in [0.25, 0.3) is 0 Å². The topological polar surface area (TPSA) is 29.5 Å². The van der Waals surface area contributed by atoms with Crippen molar-refractivity contribution in [2.45, 2.75) is 110 Å². The summed E-state index contributed by atoms with van der Waals surface area (Å²) in [6, 6.07) is 0. The molecule has 0 radical (unpaired) electrons. The van der Waals surface area contributed by atoms with Crippen LogP contribution in [-0.2, 0) is 4.89 Å². The third-order valence-corrected chi connectivity index (χ3v) is 6.77. The van der Waals surface area contributed by atoms with Gasteiger partial charge in [-0.3, -0.25) is 5.26 Å². The molecule has 2 saturated carbocycles. The Labute approximate surface area is 144 Å². The molecule has 0 amide bonds. The predicted octanol–water partition coefficient (Wildman–Crippen LogP) is 6.84. The molecule has 0 bridgehead atoms. The number of rotatable bonds is 9. The largest absolute Gasteiger partial charge is 0.252 e. The van der Waals surface area contributed by atoms with Crippen LogP contribution in [0.25, 0.3) is 0 Å². The Hall–Kier alpha value is -0.0800. The van der Waals surface area contributed by atoms with Gasteiger partial charge in [-0.15, -0.1) is 0 Å². The van der Waals surface area contributed by atoms with E-state index < -0.39 is 0 Å². The summed E-state index contributed by atoms with van der Waals surface area (Å²) in [5.74, 6) is 3.09. The highest BCUT2D eigenvalue weighted by atomic mass is 17.1. The second-order valence-electron chi connectivity index (χ2n) is 8.42. The highest BCUT2D eigenvalue weighted by Crippen LogP contribution is 2.41. The highest BCUT2D eigenvalue weighted by molar-refractivity contribution is 4.85. The fraction of sp³-hybridized carbons (Fsp3) is 1.00. The Morgan fingerprint density at radius 3 is 1.43 bits per heavy atom. The molecule has 0 spiro atoms. The highest BCUT2D eigenvalue weighted by Gasteiger charge is 2.35. The van der Waals surface area contributed by atoms with Gasteiger partial charge in [0.1, 0.15) is 0 Å². The van der Waals surface area contributed by atoms with Crippen LogP contribution in [0.4, 0.5) is 0 Å². The van der Waals surface area contributed by atoms with Gasteiger partial charge < -0.3 is 0 Å². The van der Waals surface area contributed by atoms with Gasteiger partial charge >= 0.3 is 0 Å². The van der Waals surface area contributed by atoms with Crippen LogP contribution < -0.4 is 0 Å². The van der Waals surface area contributed by atoms with Crippen molar-refractivity contribution in [3.05, 3.63) is 0 Å². The minimum Gasteiger partial charge on any atom is -0.252 e. The SMILES string of the molecule is CCCCC1CCC(C(OO)C2CCC(CCCC)CC2)CC1. The minimum atomic E-state index is 0.120. The molecule has 2 aliphatic carbocycles. The number of hydrogen-bond donors (Lipinski definition) is 1. The zero-order valence-corrected chi connectivity index (χ0v) is 15.6. The molecule has 0 aliphatic heterocycles. The van der Waals surface area contributed by atoms with E-state index in [1.54, 1.807) is 0 Å². The summed E-state index contributed by atoms with van der Waals surface area (Å²) in [6.07, 6.45) is 18.9. The molecule has 2 fully saturated rings. The second-order valence-corrected chi connectivity index (χ2v) is 8.42. The molecule has 2 nitrogen and oxygen atoms in total. The van der Waals surface area contributed by atoms with E-state index in [9.17, 15) is 5.26 Å². The van der Waals surface area contributed by atoms with Crippen LogP contribution in [0, 0.1) is 23.7 Å². The van der Waals surface area contributed by atoms with Crippen LogP contribution in [0.5, 0.6) is 0 Å². The second kappa shape index (κ2) is 10.7. The van der Waals surface area contributed by atoms with Crippen molar-refractivity contribution in [2.24, 2.45) is 23.7 Å². The standard InChI is InChI=1S/C21H40O2/c1-3-5-7-17-9-13-19(14-10-17)21(23-22)20-15-11-18(12-16-20)8-6-4-2/h17-22H,3-16H2,1-2H3. The molecule has 2 heteroatoms. The minimum absolute atomic E-state index is 0.120. The first-order valence-corrected chi connectivity index (χ1v) is 10.6. The van der Waals surface area contributed by atoms with Crippen molar-refractivity contribution < 1.29 is 10.1 Å². The Balaban J connectivity index is 1.73. The summed E-state index contributed by atoms with van der Waals surface area (Å²) >= 11 is 0. The van der Waals surface area contributed by atoms with Crippen LogP contribution in [0.3, 0.4) is 0 Å². The van der Waals surface area contributed by atoms with Gasteiger partial charge in [0.2, 0.25) is 0 Å². The van der Waals surface area contributed by atoms with Crippen molar-refractivity contribution in [2.75, 3.05) is 0 Å². The van der Waals surface area contributed by atoms with Crippen molar-refractivity contribution in [1.29, 1.82) is 0 Å². The molecule has 0 aromatic heterocycles. The van der Waals surface area contributed by atoms with Crippen molar-refractivity contribution in [3.8, 4) is 0 Å². The first-order chi connectivity index (χ1) is 11.3. The first kappa shape index (κ1) is 19.2. The average Bonchev–Trinajstić information content (AvgIpc) is 2.61. The van der Waals surface area contributed by atoms with E-state index in [0.717, 1.165) is 11.8 Å². The first-order valence-electron chi connectivity index (χ1n) is 10.6. The van der Waals surface area contributed by atoms with Crippen LogP contribution in [0.1, 0.15) is 104 Å². The van der Waals surface area contributed by atoms with Gasteiger partial charge in [0.05, 0.1) is 6.10 Å². The van der Waals surface area contributed by atoms with Gasteiger partial charge in [-0.05, 0) is 49.4 Å². The number of hydrogen-bond acceptors (Lipinski definition) is 2. The lowest BCUT2D eigenvalue weighted by molar-refractivity contribution is -0.307. The summed E-state index contributed by atoms with van der Waals surface area (Å²) < 4.78 is 0. The van der Waals surface area contributed by atoms with Crippen molar-refractivity contribution in [3.63, 3.8) is 0 Å². The van der Waals surface area contributed by atoms with Gasteiger partial charge in [0.15, 0.2) is 0 Å². The Bertz CT molecular complexity index is 260. The third-order valence-electron chi connectivity index (χ3n) is 6.77. The molecular weight excluding hydrogens is 284 g/mol. The monoisotopic (exact) mass is 324 g/mol. The lowest BCUT2D eigenvalue weighted by atomic mass is 9.70. The van der Waals surface area contributed by atoms with Gasteiger partial charge in [0, 0.05) is 0 Å². The average molecular weight is 325 g/mol. The lowest BCUT2D eigenvalue weighted by Gasteiger charge is -2.39. The Kier molecular flexibility index (Phi) is 8.97. The third kappa shape index (κ3) is 6.05. The maximum absolute atomic E-state index is 9.55. The maximum atomic E-state index is 9.55. The quantitative estimate of drug-likeness (QED) is 0.371. The molecule has 0 atom stereocenters. The van der Waals surface area contributed by atoms with Crippen molar-refractivity contribution >= 4 is 0 Å². The summed E-state index contributed by atoms with van der Waals surface area (Å²) in [4.78, 5) is 5.06. The molecule has 136 valence electrons. The summed E-state index contributed by atoms with van der Waals surface area (Å²) in [5.41, 5.74) is 0. The summed E-state index contributed by atoms with van der Waals surface area (Å²) in [6.45, 7) is 4.58. The molecule has 0 aromatic carbocycles. The van der Waals surface area contributed by atoms with Gasteiger partial charge in [-0.1, -0.05) is 78.1 Å². The van der Waals surface area contributed by atoms with Crippen molar-refractivity contribution in [1.82, 2.24) is 0 Å². The molecule has 23 heavy (non-hydrogen) atoms. The van der Waals surface area contributed by atoms with E-state index in [2.05, 4.69) is 13.8 Å². The van der Waals surface area contributed by atoms with E-state index in [1.165, 1.54) is 89.9 Å².